The highest BCUT2D eigenvalue weighted by Crippen LogP contribution is 2.22. The molecule has 0 radical (unpaired) electrons. The van der Waals surface area contributed by atoms with Crippen molar-refractivity contribution in [1.82, 2.24) is 24.0 Å². The molecule has 1 aromatic heterocycles. The number of piperazine rings is 1. The van der Waals surface area contributed by atoms with Crippen LogP contribution in [0.3, 0.4) is 0 Å². The standard InChI is InChI=1S/C21H23N5O3S/c1-2-30(28,29)25-15-13-24(14-16-25)21(27)19-22-20(17-9-5-3-6-10-17)26(23-19)18-11-7-4-8-12-18/h3-12H,2,13-16H2,1H3. The fourth-order valence-electron chi connectivity index (χ4n) is 3.42. The molecule has 1 aliphatic rings. The van der Waals surface area contributed by atoms with Crippen molar-refractivity contribution >= 4 is 15.9 Å². The Morgan fingerprint density at radius 2 is 1.53 bits per heavy atom. The number of nitrogens with zero attached hydrogens (tertiary/aromatic N) is 5. The molecule has 0 atom stereocenters. The van der Waals surface area contributed by atoms with E-state index in [1.54, 1.807) is 16.5 Å². The number of para-hydroxylation sites is 1. The van der Waals surface area contributed by atoms with E-state index in [-0.39, 0.29) is 30.6 Å². The highest BCUT2D eigenvalue weighted by Gasteiger charge is 2.30. The van der Waals surface area contributed by atoms with E-state index < -0.39 is 10.0 Å². The van der Waals surface area contributed by atoms with Crippen molar-refractivity contribution in [3.8, 4) is 17.1 Å². The summed E-state index contributed by atoms with van der Waals surface area (Å²) in [5, 5.41) is 4.50. The zero-order chi connectivity index (χ0) is 21.1. The van der Waals surface area contributed by atoms with Crippen LogP contribution >= 0.6 is 0 Å². The molecule has 0 N–H and O–H groups in total. The Kier molecular flexibility index (Phi) is 5.65. The van der Waals surface area contributed by atoms with Gasteiger partial charge < -0.3 is 4.90 Å². The lowest BCUT2D eigenvalue weighted by atomic mass is 10.2. The maximum absolute atomic E-state index is 13.1. The van der Waals surface area contributed by atoms with Crippen LogP contribution in [-0.2, 0) is 10.0 Å². The van der Waals surface area contributed by atoms with Gasteiger partial charge in [-0.25, -0.2) is 18.1 Å². The van der Waals surface area contributed by atoms with E-state index in [2.05, 4.69) is 10.1 Å². The fraction of sp³-hybridized carbons (Fsp3) is 0.286. The van der Waals surface area contributed by atoms with Crippen molar-refractivity contribution in [3.63, 3.8) is 0 Å². The minimum atomic E-state index is -3.25. The summed E-state index contributed by atoms with van der Waals surface area (Å²) in [5.74, 6) is 0.446. The van der Waals surface area contributed by atoms with E-state index in [1.807, 2.05) is 60.7 Å². The summed E-state index contributed by atoms with van der Waals surface area (Å²) in [6, 6.07) is 19.1. The van der Waals surface area contributed by atoms with Gasteiger partial charge >= 0.3 is 0 Å². The van der Waals surface area contributed by atoms with Gasteiger partial charge in [0.05, 0.1) is 11.4 Å². The Morgan fingerprint density at radius 1 is 0.933 bits per heavy atom. The lowest BCUT2D eigenvalue weighted by Gasteiger charge is -2.33. The number of sulfonamides is 1. The highest BCUT2D eigenvalue weighted by atomic mass is 32.2. The molecule has 0 saturated carbocycles. The summed E-state index contributed by atoms with van der Waals surface area (Å²) in [5.41, 5.74) is 1.66. The topological polar surface area (TPSA) is 88.4 Å². The number of hydrogen-bond acceptors (Lipinski definition) is 5. The van der Waals surface area contributed by atoms with Crippen molar-refractivity contribution in [1.29, 1.82) is 0 Å². The van der Waals surface area contributed by atoms with Gasteiger partial charge in [0.25, 0.3) is 5.91 Å². The fourth-order valence-corrected chi connectivity index (χ4v) is 4.50. The second-order valence-electron chi connectivity index (χ2n) is 6.96. The molecule has 30 heavy (non-hydrogen) atoms. The summed E-state index contributed by atoms with van der Waals surface area (Å²) >= 11 is 0. The van der Waals surface area contributed by atoms with Gasteiger partial charge in [0, 0.05) is 31.7 Å². The van der Waals surface area contributed by atoms with Crippen LogP contribution in [0.5, 0.6) is 0 Å². The molecule has 8 nitrogen and oxygen atoms in total. The van der Waals surface area contributed by atoms with Crippen LogP contribution < -0.4 is 0 Å². The molecule has 1 fully saturated rings. The number of amides is 1. The normalized spacial score (nSPS) is 15.3. The molecule has 0 unspecified atom stereocenters. The van der Waals surface area contributed by atoms with Crippen molar-refractivity contribution in [2.24, 2.45) is 0 Å². The Hall–Kier alpha value is -3.04. The molecule has 0 spiro atoms. The number of benzene rings is 2. The third-order valence-corrected chi connectivity index (χ3v) is 7.00. The molecular formula is C21H23N5O3S. The first-order chi connectivity index (χ1) is 14.5. The van der Waals surface area contributed by atoms with E-state index in [0.29, 0.717) is 18.9 Å². The largest absolute Gasteiger partial charge is 0.333 e. The monoisotopic (exact) mass is 425 g/mol. The quantitative estimate of drug-likeness (QED) is 0.624. The number of carbonyl (C=O) groups is 1. The van der Waals surface area contributed by atoms with Gasteiger partial charge in [-0.05, 0) is 19.1 Å². The molecule has 9 heteroatoms. The predicted octanol–water partition coefficient (Wildman–Crippen LogP) is 2.04. The Morgan fingerprint density at radius 3 is 2.13 bits per heavy atom. The van der Waals surface area contributed by atoms with Crippen LogP contribution in [0, 0.1) is 0 Å². The SMILES string of the molecule is CCS(=O)(=O)N1CCN(C(=O)c2nc(-c3ccccc3)n(-c3ccccc3)n2)CC1. The molecular weight excluding hydrogens is 402 g/mol. The molecule has 1 saturated heterocycles. The first-order valence-corrected chi connectivity index (χ1v) is 11.5. The van der Waals surface area contributed by atoms with E-state index in [1.165, 1.54) is 4.31 Å². The van der Waals surface area contributed by atoms with Gasteiger partial charge in [0.15, 0.2) is 5.82 Å². The van der Waals surface area contributed by atoms with E-state index >= 15 is 0 Å². The molecule has 1 aliphatic heterocycles. The minimum Gasteiger partial charge on any atom is -0.333 e. The van der Waals surface area contributed by atoms with E-state index in [4.69, 9.17) is 0 Å². The Balaban J connectivity index is 1.62. The lowest BCUT2D eigenvalue weighted by Crippen LogP contribution is -2.51. The average molecular weight is 426 g/mol. The number of carbonyl (C=O) groups excluding carboxylic acids is 1. The average Bonchev–Trinajstić information content (AvgIpc) is 3.25. The van der Waals surface area contributed by atoms with Crippen LogP contribution in [0.1, 0.15) is 17.5 Å². The zero-order valence-electron chi connectivity index (χ0n) is 16.7. The molecule has 2 heterocycles. The van der Waals surface area contributed by atoms with Crippen LogP contribution in [0.4, 0.5) is 0 Å². The van der Waals surface area contributed by atoms with Crippen molar-refractivity contribution in [2.45, 2.75) is 6.92 Å². The molecule has 0 aliphatic carbocycles. The summed E-state index contributed by atoms with van der Waals surface area (Å²) < 4.78 is 27.2. The van der Waals surface area contributed by atoms with Gasteiger partial charge in [-0.3, -0.25) is 4.79 Å². The summed E-state index contributed by atoms with van der Waals surface area (Å²) in [7, 11) is -3.25. The van der Waals surface area contributed by atoms with Gasteiger partial charge in [-0.15, -0.1) is 5.10 Å². The third kappa shape index (κ3) is 3.99. The predicted molar refractivity (Wildman–Crippen MR) is 114 cm³/mol. The Bertz CT molecular complexity index is 1060. The van der Waals surface area contributed by atoms with Gasteiger partial charge in [0.2, 0.25) is 15.8 Å². The van der Waals surface area contributed by atoms with Gasteiger partial charge in [0.1, 0.15) is 0 Å². The second kappa shape index (κ2) is 8.37. The second-order valence-corrected chi connectivity index (χ2v) is 9.22. The van der Waals surface area contributed by atoms with Crippen molar-refractivity contribution in [2.75, 3.05) is 31.9 Å². The third-order valence-electron chi connectivity index (χ3n) is 5.12. The highest BCUT2D eigenvalue weighted by molar-refractivity contribution is 7.89. The molecule has 156 valence electrons. The first-order valence-electron chi connectivity index (χ1n) is 9.84. The minimum absolute atomic E-state index is 0.0599. The van der Waals surface area contributed by atoms with Gasteiger partial charge in [-0.2, -0.15) is 4.31 Å². The summed E-state index contributed by atoms with van der Waals surface area (Å²) in [6.07, 6.45) is 0. The van der Waals surface area contributed by atoms with E-state index in [9.17, 15) is 13.2 Å². The van der Waals surface area contributed by atoms with Crippen LogP contribution in [0.15, 0.2) is 60.7 Å². The zero-order valence-corrected chi connectivity index (χ0v) is 17.5. The lowest BCUT2D eigenvalue weighted by molar-refractivity contribution is 0.0686. The first kappa shape index (κ1) is 20.2. The van der Waals surface area contributed by atoms with E-state index in [0.717, 1.165) is 11.3 Å². The van der Waals surface area contributed by atoms with Crippen molar-refractivity contribution < 1.29 is 13.2 Å². The molecule has 3 aromatic rings. The molecule has 0 bridgehead atoms. The number of hydrogen-bond donors (Lipinski definition) is 0. The maximum Gasteiger partial charge on any atom is 0.293 e. The van der Waals surface area contributed by atoms with Crippen LogP contribution in [0.2, 0.25) is 0 Å². The van der Waals surface area contributed by atoms with Crippen LogP contribution in [0.25, 0.3) is 17.1 Å². The maximum atomic E-state index is 13.1. The number of rotatable bonds is 5. The summed E-state index contributed by atoms with van der Waals surface area (Å²) in [6.45, 7) is 2.83. The van der Waals surface area contributed by atoms with Gasteiger partial charge in [-0.1, -0.05) is 48.5 Å². The molecule has 1 amide bonds. The van der Waals surface area contributed by atoms with Crippen LogP contribution in [-0.4, -0.2) is 70.2 Å². The molecule has 4 rings (SSSR count). The number of aromatic nitrogens is 3. The van der Waals surface area contributed by atoms with Crippen molar-refractivity contribution in [3.05, 3.63) is 66.5 Å². The molecule has 2 aromatic carbocycles. The smallest absolute Gasteiger partial charge is 0.293 e. The summed E-state index contributed by atoms with van der Waals surface area (Å²) in [4.78, 5) is 19.2. The Labute approximate surface area is 175 Å².